The molecule has 0 radical (unpaired) electrons. The molecule has 0 amide bonds. The lowest BCUT2D eigenvalue weighted by Gasteiger charge is -2.42. The molecule has 29 heavy (non-hydrogen) atoms. The van der Waals surface area contributed by atoms with E-state index >= 15 is 0 Å². The summed E-state index contributed by atoms with van der Waals surface area (Å²) in [7, 11) is 2.25. The maximum atomic E-state index is 2.47. The van der Waals surface area contributed by atoms with Crippen LogP contribution in [-0.4, -0.2) is 7.05 Å². The van der Waals surface area contributed by atoms with Gasteiger partial charge in [0.2, 0.25) is 0 Å². The zero-order valence-corrected chi connectivity index (χ0v) is 18.1. The van der Waals surface area contributed by atoms with Crippen molar-refractivity contribution in [3.63, 3.8) is 0 Å². The Morgan fingerprint density at radius 3 is 1.41 bits per heavy atom. The normalized spacial score (nSPS) is 14.9. The second kappa shape index (κ2) is 6.35. The van der Waals surface area contributed by atoms with Crippen LogP contribution in [0, 0.1) is 0 Å². The number of anilines is 2. The molecule has 1 aliphatic rings. The molecular formula is C28H29N. The lowest BCUT2D eigenvalue weighted by molar-refractivity contribution is 0.630. The van der Waals surface area contributed by atoms with Gasteiger partial charge in [0.05, 0.1) is 11.4 Å². The van der Waals surface area contributed by atoms with Crippen molar-refractivity contribution in [2.45, 2.75) is 46.0 Å². The van der Waals surface area contributed by atoms with E-state index in [1.807, 2.05) is 0 Å². The summed E-state index contributed by atoms with van der Waals surface area (Å²) in [4.78, 5) is 2.46. The zero-order valence-electron chi connectivity index (χ0n) is 18.1. The van der Waals surface area contributed by atoms with Crippen LogP contribution in [0.1, 0.15) is 49.9 Å². The highest BCUT2D eigenvalue weighted by Crippen LogP contribution is 2.53. The van der Waals surface area contributed by atoms with Gasteiger partial charge < -0.3 is 4.90 Å². The van der Waals surface area contributed by atoms with Crippen molar-refractivity contribution in [1.29, 1.82) is 0 Å². The number of fused-ring (bicyclic) bond motifs is 6. The van der Waals surface area contributed by atoms with Gasteiger partial charge >= 0.3 is 0 Å². The molecule has 4 aromatic rings. The van der Waals surface area contributed by atoms with Crippen molar-refractivity contribution in [2.75, 3.05) is 11.9 Å². The van der Waals surface area contributed by atoms with Crippen molar-refractivity contribution in [1.82, 2.24) is 0 Å². The first-order valence-corrected chi connectivity index (χ1v) is 10.8. The van der Waals surface area contributed by atoms with Gasteiger partial charge in [0.1, 0.15) is 0 Å². The van der Waals surface area contributed by atoms with E-state index in [1.54, 1.807) is 0 Å². The average molecular weight is 380 g/mol. The van der Waals surface area contributed by atoms with Gasteiger partial charge in [-0.05, 0) is 45.9 Å². The van der Waals surface area contributed by atoms with Crippen molar-refractivity contribution in [3.8, 4) is 0 Å². The van der Waals surface area contributed by atoms with Crippen LogP contribution in [0.5, 0.6) is 0 Å². The van der Waals surface area contributed by atoms with E-state index in [0.29, 0.717) is 0 Å². The fourth-order valence-corrected chi connectivity index (χ4v) is 5.39. The molecule has 4 aromatic carbocycles. The lowest BCUT2D eigenvalue weighted by atomic mass is 9.70. The average Bonchev–Trinajstić information content (AvgIpc) is 2.75. The lowest BCUT2D eigenvalue weighted by Crippen LogP contribution is -2.31. The molecule has 0 saturated heterocycles. The second-order valence-electron chi connectivity index (χ2n) is 8.85. The number of nitrogens with zero attached hydrogens (tertiary/aromatic N) is 1. The molecule has 0 bridgehead atoms. The predicted molar refractivity (Wildman–Crippen MR) is 127 cm³/mol. The van der Waals surface area contributed by atoms with Crippen molar-refractivity contribution in [3.05, 3.63) is 82.9 Å². The molecule has 0 aliphatic carbocycles. The summed E-state index contributed by atoms with van der Waals surface area (Å²) < 4.78 is 0. The summed E-state index contributed by atoms with van der Waals surface area (Å²) in [6.45, 7) is 9.34. The van der Waals surface area contributed by atoms with Gasteiger partial charge in [0, 0.05) is 23.2 Å². The first kappa shape index (κ1) is 18.2. The molecule has 1 heteroatoms. The minimum Gasteiger partial charge on any atom is -0.343 e. The summed E-state index contributed by atoms with van der Waals surface area (Å²) in [6.07, 6.45) is 2.11. The van der Waals surface area contributed by atoms with Crippen molar-refractivity contribution >= 4 is 32.9 Å². The van der Waals surface area contributed by atoms with Gasteiger partial charge in [0.15, 0.2) is 0 Å². The van der Waals surface area contributed by atoms with Gasteiger partial charge in [-0.25, -0.2) is 0 Å². The molecule has 1 heterocycles. The van der Waals surface area contributed by atoms with E-state index < -0.39 is 0 Å². The summed E-state index contributed by atoms with van der Waals surface area (Å²) in [5.74, 6) is 0. The minimum absolute atomic E-state index is 0.0426. The Labute approximate surface area is 174 Å². The monoisotopic (exact) mass is 379 g/mol. The van der Waals surface area contributed by atoms with E-state index in [2.05, 4.69) is 100 Å². The minimum atomic E-state index is -0.0426. The summed E-state index contributed by atoms with van der Waals surface area (Å²) >= 11 is 0. The molecule has 146 valence electrons. The Hall–Kier alpha value is -2.80. The molecule has 5 rings (SSSR count). The Balaban J connectivity index is 1.95. The predicted octanol–water partition coefficient (Wildman–Crippen LogP) is 7.53. The molecule has 1 nitrogen and oxygen atoms in total. The third kappa shape index (κ3) is 2.40. The summed E-state index contributed by atoms with van der Waals surface area (Å²) in [6, 6.07) is 22.8. The standard InChI is InChI=1S/C28H29N/c1-6-18-16-24-26(22-14-10-8-12-20(18)22)29(5)27-23-15-11-9-13-21(23)19(7-2)17-25(27)28(24,3)4/h8-17H,6-7H2,1-5H3. The first-order valence-electron chi connectivity index (χ1n) is 10.8. The second-order valence-corrected chi connectivity index (χ2v) is 8.85. The van der Waals surface area contributed by atoms with E-state index in [-0.39, 0.29) is 5.41 Å². The number of hydrogen-bond donors (Lipinski definition) is 0. The quantitative estimate of drug-likeness (QED) is 0.348. The third-order valence-corrected chi connectivity index (χ3v) is 6.98. The first-order chi connectivity index (χ1) is 14.0. The smallest absolute Gasteiger partial charge is 0.0529 e. The largest absolute Gasteiger partial charge is 0.343 e. The van der Waals surface area contributed by atoms with Crippen molar-refractivity contribution < 1.29 is 0 Å². The van der Waals surface area contributed by atoms with Crippen LogP contribution in [0.3, 0.4) is 0 Å². The Bertz CT molecular complexity index is 1170. The molecule has 0 saturated carbocycles. The highest BCUT2D eigenvalue weighted by molar-refractivity contribution is 6.07. The molecule has 0 atom stereocenters. The highest BCUT2D eigenvalue weighted by atomic mass is 15.1. The van der Waals surface area contributed by atoms with Gasteiger partial charge in [-0.15, -0.1) is 0 Å². The Kier molecular flexibility index (Phi) is 4.00. The van der Waals surface area contributed by atoms with Crippen LogP contribution in [0.25, 0.3) is 21.5 Å². The fraction of sp³-hybridized carbons (Fsp3) is 0.286. The molecular weight excluding hydrogens is 350 g/mol. The van der Waals surface area contributed by atoms with E-state index in [9.17, 15) is 0 Å². The van der Waals surface area contributed by atoms with Crippen LogP contribution in [0.15, 0.2) is 60.7 Å². The van der Waals surface area contributed by atoms with E-state index in [4.69, 9.17) is 0 Å². The summed E-state index contributed by atoms with van der Waals surface area (Å²) in [5.41, 5.74) is 8.47. The van der Waals surface area contributed by atoms with Crippen LogP contribution < -0.4 is 4.90 Å². The van der Waals surface area contributed by atoms with Crippen LogP contribution >= 0.6 is 0 Å². The maximum Gasteiger partial charge on any atom is 0.0529 e. The highest BCUT2D eigenvalue weighted by Gasteiger charge is 2.37. The topological polar surface area (TPSA) is 3.24 Å². The maximum absolute atomic E-state index is 2.47. The van der Waals surface area contributed by atoms with E-state index in [0.717, 1.165) is 12.8 Å². The van der Waals surface area contributed by atoms with E-state index in [1.165, 1.54) is 55.2 Å². The molecule has 0 spiro atoms. The Morgan fingerprint density at radius 1 is 0.655 bits per heavy atom. The molecule has 1 aliphatic heterocycles. The number of hydrogen-bond acceptors (Lipinski definition) is 1. The Morgan fingerprint density at radius 2 is 1.03 bits per heavy atom. The zero-order chi connectivity index (χ0) is 20.3. The molecule has 0 unspecified atom stereocenters. The third-order valence-electron chi connectivity index (χ3n) is 6.98. The molecule has 0 aromatic heterocycles. The van der Waals surface area contributed by atoms with Gasteiger partial charge in [0.25, 0.3) is 0 Å². The molecule has 0 N–H and O–H groups in total. The van der Waals surface area contributed by atoms with Crippen LogP contribution in [0.2, 0.25) is 0 Å². The van der Waals surface area contributed by atoms with Gasteiger partial charge in [-0.1, -0.05) is 88.4 Å². The number of benzene rings is 4. The van der Waals surface area contributed by atoms with Gasteiger partial charge in [-0.2, -0.15) is 0 Å². The molecule has 0 fully saturated rings. The number of aryl methyl sites for hydroxylation is 2. The summed E-state index contributed by atoms with van der Waals surface area (Å²) in [5, 5.41) is 5.50. The number of rotatable bonds is 2. The van der Waals surface area contributed by atoms with Crippen LogP contribution in [-0.2, 0) is 18.3 Å². The van der Waals surface area contributed by atoms with Crippen molar-refractivity contribution in [2.24, 2.45) is 0 Å². The van der Waals surface area contributed by atoms with Crippen LogP contribution in [0.4, 0.5) is 11.4 Å². The SMILES string of the molecule is CCc1cc2c(c3ccccc13)N(C)c1c(cc(CC)c3ccccc13)C2(C)C. The van der Waals surface area contributed by atoms with Gasteiger partial charge in [-0.3, -0.25) is 0 Å². The fourth-order valence-electron chi connectivity index (χ4n) is 5.39.